The van der Waals surface area contributed by atoms with E-state index in [-0.39, 0.29) is 18.2 Å². The molecule has 1 unspecified atom stereocenters. The number of hydrogen-bond donors (Lipinski definition) is 3. The van der Waals surface area contributed by atoms with Crippen LogP contribution in [0.3, 0.4) is 0 Å². The molecule has 0 fully saturated rings. The van der Waals surface area contributed by atoms with Gasteiger partial charge >= 0.3 is 5.97 Å². The molecule has 0 spiro atoms. The van der Waals surface area contributed by atoms with E-state index < -0.39 is 12.0 Å². The van der Waals surface area contributed by atoms with Crippen molar-refractivity contribution < 1.29 is 19.5 Å². The van der Waals surface area contributed by atoms with Crippen molar-refractivity contribution in [3.63, 3.8) is 0 Å². The van der Waals surface area contributed by atoms with Gasteiger partial charge in [0.25, 0.3) is 0 Å². The van der Waals surface area contributed by atoms with Crippen LogP contribution in [0.1, 0.15) is 38.7 Å². The Labute approximate surface area is 129 Å². The molecule has 0 radical (unpaired) electrons. The molecule has 1 aromatic rings. The Morgan fingerprint density at radius 2 is 1.82 bits per heavy atom. The summed E-state index contributed by atoms with van der Waals surface area (Å²) in [6, 6.07) is 6.61. The van der Waals surface area contributed by atoms with Crippen molar-refractivity contribution in [3.05, 3.63) is 29.8 Å². The van der Waals surface area contributed by atoms with Gasteiger partial charge < -0.3 is 15.7 Å². The van der Waals surface area contributed by atoms with Gasteiger partial charge in [0.05, 0.1) is 0 Å². The molecular formula is C16H22N2O4. The van der Waals surface area contributed by atoms with E-state index in [1.807, 2.05) is 24.3 Å². The molecule has 0 heterocycles. The average Bonchev–Trinajstić information content (AvgIpc) is 2.45. The van der Waals surface area contributed by atoms with Gasteiger partial charge in [0.15, 0.2) is 0 Å². The number of amides is 2. The molecule has 6 nitrogen and oxygen atoms in total. The van der Waals surface area contributed by atoms with Crippen LogP contribution in [0.2, 0.25) is 0 Å². The Morgan fingerprint density at radius 3 is 2.32 bits per heavy atom. The van der Waals surface area contributed by atoms with E-state index in [1.165, 1.54) is 6.92 Å². The second-order valence-corrected chi connectivity index (χ2v) is 5.10. The van der Waals surface area contributed by atoms with E-state index >= 15 is 0 Å². The molecule has 0 aromatic heterocycles. The smallest absolute Gasteiger partial charge is 0.326 e. The fourth-order valence-corrected chi connectivity index (χ4v) is 2.02. The normalized spacial score (nSPS) is 11.5. The molecule has 120 valence electrons. The van der Waals surface area contributed by atoms with Gasteiger partial charge in [-0.3, -0.25) is 9.59 Å². The molecule has 6 heteroatoms. The van der Waals surface area contributed by atoms with Crippen LogP contribution >= 0.6 is 0 Å². The Kier molecular flexibility index (Phi) is 7.08. The van der Waals surface area contributed by atoms with Crippen molar-refractivity contribution in [2.45, 2.75) is 45.6 Å². The van der Waals surface area contributed by atoms with E-state index in [0.717, 1.165) is 17.7 Å². The summed E-state index contributed by atoms with van der Waals surface area (Å²) in [7, 11) is 0. The number of anilines is 1. The first-order chi connectivity index (χ1) is 10.4. The molecule has 1 aromatic carbocycles. The van der Waals surface area contributed by atoms with Crippen LogP contribution in [0.5, 0.6) is 0 Å². The van der Waals surface area contributed by atoms with Gasteiger partial charge in [0, 0.05) is 19.0 Å². The van der Waals surface area contributed by atoms with E-state index in [0.29, 0.717) is 12.8 Å². The summed E-state index contributed by atoms with van der Waals surface area (Å²) in [4.78, 5) is 33.4. The molecular weight excluding hydrogens is 284 g/mol. The predicted molar refractivity (Wildman–Crippen MR) is 83.5 cm³/mol. The third-order valence-corrected chi connectivity index (χ3v) is 3.19. The molecule has 0 aliphatic carbocycles. The topological polar surface area (TPSA) is 95.5 Å². The van der Waals surface area contributed by atoms with E-state index in [4.69, 9.17) is 5.11 Å². The Balaban J connectivity index is 2.36. The first-order valence-electron chi connectivity index (χ1n) is 7.31. The minimum Gasteiger partial charge on any atom is -0.480 e. The Hall–Kier alpha value is -2.37. The van der Waals surface area contributed by atoms with Crippen LogP contribution in [0.4, 0.5) is 5.69 Å². The number of aliphatic carboxylic acids is 1. The second-order valence-electron chi connectivity index (χ2n) is 5.10. The third-order valence-electron chi connectivity index (χ3n) is 3.19. The lowest BCUT2D eigenvalue weighted by Crippen LogP contribution is -2.40. The van der Waals surface area contributed by atoms with Crippen LogP contribution in [0, 0.1) is 0 Å². The molecule has 0 saturated heterocycles. The van der Waals surface area contributed by atoms with Crippen molar-refractivity contribution in [2.24, 2.45) is 0 Å². The molecule has 22 heavy (non-hydrogen) atoms. The Morgan fingerprint density at radius 1 is 1.18 bits per heavy atom. The van der Waals surface area contributed by atoms with E-state index in [2.05, 4.69) is 10.6 Å². The quantitative estimate of drug-likeness (QED) is 0.684. The van der Waals surface area contributed by atoms with Crippen LogP contribution in [-0.4, -0.2) is 28.9 Å². The maximum absolute atomic E-state index is 11.7. The lowest BCUT2D eigenvalue weighted by atomic mass is 10.1. The first kappa shape index (κ1) is 17.7. The highest BCUT2D eigenvalue weighted by Gasteiger charge is 2.16. The summed E-state index contributed by atoms with van der Waals surface area (Å²) in [5, 5.41) is 14.1. The van der Waals surface area contributed by atoms with Gasteiger partial charge in [0.2, 0.25) is 11.8 Å². The zero-order chi connectivity index (χ0) is 16.5. The fraction of sp³-hybridized carbons (Fsp3) is 0.438. The van der Waals surface area contributed by atoms with Gasteiger partial charge in [-0.05, 0) is 37.0 Å². The molecule has 3 N–H and O–H groups in total. The van der Waals surface area contributed by atoms with Gasteiger partial charge in [-0.2, -0.15) is 0 Å². The summed E-state index contributed by atoms with van der Waals surface area (Å²) in [6.07, 6.45) is 2.02. The van der Waals surface area contributed by atoms with Gasteiger partial charge in [-0.15, -0.1) is 0 Å². The number of carbonyl (C=O) groups excluding carboxylic acids is 2. The minimum atomic E-state index is -1.01. The van der Waals surface area contributed by atoms with Gasteiger partial charge in [-0.1, -0.05) is 19.1 Å². The first-order valence-corrected chi connectivity index (χ1v) is 7.31. The highest BCUT2D eigenvalue weighted by molar-refractivity contribution is 5.88. The monoisotopic (exact) mass is 306 g/mol. The third kappa shape index (κ3) is 6.39. The predicted octanol–water partition coefficient (Wildman–Crippen LogP) is 1.95. The second kappa shape index (κ2) is 8.81. The number of carboxylic acids is 1. The van der Waals surface area contributed by atoms with Crippen molar-refractivity contribution >= 4 is 23.5 Å². The Bertz CT molecular complexity index is 525. The maximum Gasteiger partial charge on any atom is 0.326 e. The number of hydrogen-bond acceptors (Lipinski definition) is 3. The standard InChI is InChI=1S/C16H22N2O4/c1-3-14(16(21)22)18-15(20)6-4-5-12-7-9-13(10-8-12)17-11(2)19/h7-10,14H,3-6H2,1-2H3,(H,17,19)(H,18,20)(H,21,22). The number of aryl methyl sites for hydroxylation is 1. The lowest BCUT2D eigenvalue weighted by Gasteiger charge is -2.12. The number of carboxylic acid groups (broad SMARTS) is 1. The largest absolute Gasteiger partial charge is 0.480 e. The van der Waals surface area contributed by atoms with E-state index in [9.17, 15) is 14.4 Å². The summed E-state index contributed by atoms with van der Waals surface area (Å²) in [6.45, 7) is 3.17. The van der Waals surface area contributed by atoms with Crippen LogP contribution < -0.4 is 10.6 Å². The SMILES string of the molecule is CCC(NC(=O)CCCc1ccc(NC(C)=O)cc1)C(=O)O. The van der Waals surface area contributed by atoms with Gasteiger partial charge in [0.1, 0.15) is 6.04 Å². The van der Waals surface area contributed by atoms with Crippen molar-refractivity contribution in [2.75, 3.05) is 5.32 Å². The van der Waals surface area contributed by atoms with Crippen LogP contribution in [-0.2, 0) is 20.8 Å². The van der Waals surface area contributed by atoms with Crippen molar-refractivity contribution in [1.82, 2.24) is 5.32 Å². The molecule has 0 bridgehead atoms. The van der Waals surface area contributed by atoms with E-state index in [1.54, 1.807) is 6.92 Å². The highest BCUT2D eigenvalue weighted by Crippen LogP contribution is 2.11. The van der Waals surface area contributed by atoms with Crippen molar-refractivity contribution in [1.29, 1.82) is 0 Å². The molecule has 1 rings (SSSR count). The number of carbonyl (C=O) groups is 3. The summed E-state index contributed by atoms with van der Waals surface area (Å²) >= 11 is 0. The summed E-state index contributed by atoms with van der Waals surface area (Å²) < 4.78 is 0. The van der Waals surface area contributed by atoms with Crippen molar-refractivity contribution in [3.8, 4) is 0 Å². The zero-order valence-electron chi connectivity index (χ0n) is 12.9. The number of rotatable bonds is 8. The number of nitrogens with one attached hydrogen (secondary N) is 2. The lowest BCUT2D eigenvalue weighted by molar-refractivity contribution is -0.141. The van der Waals surface area contributed by atoms with Gasteiger partial charge in [-0.25, -0.2) is 4.79 Å². The average molecular weight is 306 g/mol. The maximum atomic E-state index is 11.7. The highest BCUT2D eigenvalue weighted by atomic mass is 16.4. The molecule has 2 amide bonds. The zero-order valence-corrected chi connectivity index (χ0v) is 12.9. The molecule has 1 atom stereocenters. The van der Waals surface area contributed by atoms with Crippen LogP contribution in [0.15, 0.2) is 24.3 Å². The molecule has 0 aliphatic rings. The number of benzene rings is 1. The summed E-state index contributed by atoms with van der Waals surface area (Å²) in [5.74, 6) is -1.37. The minimum absolute atomic E-state index is 0.117. The fourth-order valence-electron chi connectivity index (χ4n) is 2.02. The van der Waals surface area contributed by atoms with Crippen LogP contribution in [0.25, 0.3) is 0 Å². The summed E-state index contributed by atoms with van der Waals surface area (Å²) in [5.41, 5.74) is 1.80. The molecule has 0 saturated carbocycles. The molecule has 0 aliphatic heterocycles.